The number of aryl methyl sites for hydroxylation is 1. The van der Waals surface area contributed by atoms with Crippen LogP contribution in [0.5, 0.6) is 5.75 Å². The smallest absolute Gasteiger partial charge is 0.317 e. The molecule has 0 bridgehead atoms. The second kappa shape index (κ2) is 6.64. The summed E-state index contributed by atoms with van der Waals surface area (Å²) in [5, 5.41) is 2.89. The Hall–Kier alpha value is -1.71. The lowest BCUT2D eigenvalue weighted by molar-refractivity contribution is 0.185. The molecular formula is C16H24N2O2. The molecule has 0 aliphatic heterocycles. The highest BCUT2D eigenvalue weighted by molar-refractivity contribution is 5.74. The summed E-state index contributed by atoms with van der Waals surface area (Å²) in [4.78, 5) is 13.7. The largest absolute Gasteiger partial charge is 0.492 e. The van der Waals surface area contributed by atoms with Gasteiger partial charge in [-0.15, -0.1) is 0 Å². The van der Waals surface area contributed by atoms with E-state index in [0.29, 0.717) is 25.1 Å². The van der Waals surface area contributed by atoms with E-state index in [9.17, 15) is 4.79 Å². The number of urea groups is 1. The van der Waals surface area contributed by atoms with E-state index in [1.54, 1.807) is 4.90 Å². The topological polar surface area (TPSA) is 41.6 Å². The fourth-order valence-corrected chi connectivity index (χ4v) is 2.17. The van der Waals surface area contributed by atoms with E-state index < -0.39 is 0 Å². The molecule has 1 saturated carbocycles. The minimum atomic E-state index is -0.0168. The molecule has 0 spiro atoms. The molecule has 0 heterocycles. The Morgan fingerprint density at radius 3 is 2.65 bits per heavy atom. The van der Waals surface area contributed by atoms with E-state index in [2.05, 4.69) is 12.2 Å². The molecule has 1 aliphatic rings. The van der Waals surface area contributed by atoms with Gasteiger partial charge in [0.05, 0.1) is 6.54 Å². The highest BCUT2D eigenvalue weighted by Gasteiger charge is 2.32. The number of amides is 2. The van der Waals surface area contributed by atoms with E-state index >= 15 is 0 Å². The third kappa shape index (κ3) is 4.15. The van der Waals surface area contributed by atoms with Crippen molar-refractivity contribution in [1.82, 2.24) is 10.2 Å². The molecule has 0 radical (unpaired) electrons. The monoisotopic (exact) mass is 276 g/mol. The lowest BCUT2D eigenvalue weighted by Crippen LogP contribution is -2.44. The molecule has 0 aromatic heterocycles. The Morgan fingerprint density at radius 1 is 1.40 bits per heavy atom. The van der Waals surface area contributed by atoms with Crippen molar-refractivity contribution in [2.45, 2.75) is 32.7 Å². The number of carbonyl (C=O) groups excluding carboxylic acids is 1. The third-order valence-electron chi connectivity index (χ3n) is 3.90. The average Bonchev–Trinajstić information content (AvgIpc) is 3.28. The van der Waals surface area contributed by atoms with Crippen LogP contribution in [0.1, 0.15) is 25.3 Å². The zero-order chi connectivity index (χ0) is 14.5. The fraction of sp³-hybridized carbons (Fsp3) is 0.562. The molecule has 1 aromatic rings. The Kier molecular flexibility index (Phi) is 4.88. The molecular weight excluding hydrogens is 252 g/mol. The van der Waals surface area contributed by atoms with Crippen molar-refractivity contribution < 1.29 is 9.53 Å². The van der Waals surface area contributed by atoms with Gasteiger partial charge in [0.25, 0.3) is 0 Å². The van der Waals surface area contributed by atoms with Crippen molar-refractivity contribution in [3.63, 3.8) is 0 Å². The molecule has 0 saturated heterocycles. The second-order valence-electron chi connectivity index (χ2n) is 5.58. The number of benzene rings is 1. The van der Waals surface area contributed by atoms with E-state index in [1.807, 2.05) is 38.2 Å². The van der Waals surface area contributed by atoms with Crippen LogP contribution in [0.2, 0.25) is 0 Å². The number of nitrogens with zero attached hydrogens (tertiary/aromatic N) is 1. The third-order valence-corrected chi connectivity index (χ3v) is 3.90. The van der Waals surface area contributed by atoms with Gasteiger partial charge in [0.2, 0.25) is 0 Å². The van der Waals surface area contributed by atoms with Gasteiger partial charge in [-0.3, -0.25) is 0 Å². The van der Waals surface area contributed by atoms with Gasteiger partial charge in [-0.25, -0.2) is 4.79 Å². The lowest BCUT2D eigenvalue weighted by atomic mass is 10.2. The summed E-state index contributed by atoms with van der Waals surface area (Å²) in [6, 6.07) is 8.22. The van der Waals surface area contributed by atoms with Crippen molar-refractivity contribution >= 4 is 6.03 Å². The van der Waals surface area contributed by atoms with Crippen LogP contribution in [0.3, 0.4) is 0 Å². The van der Waals surface area contributed by atoms with Crippen LogP contribution in [-0.2, 0) is 0 Å². The van der Waals surface area contributed by atoms with Crippen molar-refractivity contribution in [2.75, 3.05) is 20.2 Å². The average molecular weight is 276 g/mol. The van der Waals surface area contributed by atoms with Crippen molar-refractivity contribution in [3.8, 4) is 5.75 Å². The van der Waals surface area contributed by atoms with Crippen LogP contribution in [0.4, 0.5) is 4.79 Å². The van der Waals surface area contributed by atoms with E-state index in [1.165, 1.54) is 18.4 Å². The summed E-state index contributed by atoms with van der Waals surface area (Å²) in [6.45, 7) is 5.16. The zero-order valence-electron chi connectivity index (χ0n) is 12.6. The van der Waals surface area contributed by atoms with Crippen LogP contribution in [0, 0.1) is 12.8 Å². The normalized spacial score (nSPS) is 15.6. The first-order chi connectivity index (χ1) is 9.58. The first-order valence-corrected chi connectivity index (χ1v) is 7.28. The van der Waals surface area contributed by atoms with Gasteiger partial charge in [-0.05, 0) is 44.7 Å². The van der Waals surface area contributed by atoms with Crippen LogP contribution in [0.25, 0.3) is 0 Å². The molecule has 1 fully saturated rings. The van der Waals surface area contributed by atoms with Gasteiger partial charge in [-0.1, -0.05) is 17.7 Å². The Bertz CT molecular complexity index is 440. The SMILES string of the molecule is Cc1ccc(OCCNC(=O)N(C)C(C)C2CC2)cc1. The van der Waals surface area contributed by atoms with Crippen LogP contribution < -0.4 is 10.1 Å². The first kappa shape index (κ1) is 14.7. The highest BCUT2D eigenvalue weighted by atomic mass is 16.5. The molecule has 110 valence electrons. The summed E-state index contributed by atoms with van der Waals surface area (Å²) in [5.74, 6) is 1.53. The number of ether oxygens (including phenoxy) is 1. The van der Waals surface area contributed by atoms with Crippen LogP contribution in [0.15, 0.2) is 24.3 Å². The Balaban J connectivity index is 1.64. The highest BCUT2D eigenvalue weighted by Crippen LogP contribution is 2.34. The van der Waals surface area contributed by atoms with E-state index in [4.69, 9.17) is 4.74 Å². The predicted octanol–water partition coefficient (Wildman–Crippen LogP) is 2.81. The lowest BCUT2D eigenvalue weighted by Gasteiger charge is -2.25. The zero-order valence-corrected chi connectivity index (χ0v) is 12.6. The van der Waals surface area contributed by atoms with Gasteiger partial charge >= 0.3 is 6.03 Å². The molecule has 1 aromatic carbocycles. The molecule has 4 nitrogen and oxygen atoms in total. The number of nitrogens with one attached hydrogen (secondary N) is 1. The number of hydrogen-bond donors (Lipinski definition) is 1. The maximum absolute atomic E-state index is 11.9. The summed E-state index contributed by atoms with van der Waals surface area (Å²) in [6.07, 6.45) is 2.49. The van der Waals surface area contributed by atoms with Crippen molar-refractivity contribution in [1.29, 1.82) is 0 Å². The minimum absolute atomic E-state index is 0.0168. The second-order valence-corrected chi connectivity index (χ2v) is 5.58. The Labute approximate surface area is 121 Å². The Morgan fingerprint density at radius 2 is 2.05 bits per heavy atom. The first-order valence-electron chi connectivity index (χ1n) is 7.28. The molecule has 2 amide bonds. The maximum atomic E-state index is 11.9. The van der Waals surface area contributed by atoms with Crippen LogP contribution >= 0.6 is 0 Å². The van der Waals surface area contributed by atoms with Gasteiger partial charge in [0.1, 0.15) is 12.4 Å². The molecule has 1 aliphatic carbocycles. The van der Waals surface area contributed by atoms with E-state index in [-0.39, 0.29) is 6.03 Å². The summed E-state index contributed by atoms with van der Waals surface area (Å²) >= 11 is 0. The number of hydrogen-bond acceptors (Lipinski definition) is 2. The molecule has 4 heteroatoms. The van der Waals surface area contributed by atoms with Crippen molar-refractivity contribution in [2.24, 2.45) is 5.92 Å². The van der Waals surface area contributed by atoms with Crippen LogP contribution in [-0.4, -0.2) is 37.2 Å². The molecule has 20 heavy (non-hydrogen) atoms. The van der Waals surface area contributed by atoms with Gasteiger partial charge < -0.3 is 15.0 Å². The summed E-state index contributed by atoms with van der Waals surface area (Å²) in [5.41, 5.74) is 1.21. The summed E-state index contributed by atoms with van der Waals surface area (Å²) < 4.78 is 5.58. The molecule has 1 N–H and O–H groups in total. The maximum Gasteiger partial charge on any atom is 0.317 e. The molecule has 1 atom stereocenters. The predicted molar refractivity (Wildman–Crippen MR) is 80.0 cm³/mol. The number of carbonyl (C=O) groups is 1. The van der Waals surface area contributed by atoms with E-state index in [0.717, 1.165) is 5.75 Å². The quantitative estimate of drug-likeness (QED) is 0.812. The fourth-order valence-electron chi connectivity index (χ4n) is 2.17. The van der Waals surface area contributed by atoms with Gasteiger partial charge in [0, 0.05) is 13.1 Å². The summed E-state index contributed by atoms with van der Waals surface area (Å²) in [7, 11) is 1.86. The van der Waals surface area contributed by atoms with Gasteiger partial charge in [-0.2, -0.15) is 0 Å². The molecule has 1 unspecified atom stereocenters. The minimum Gasteiger partial charge on any atom is -0.492 e. The molecule has 2 rings (SSSR count). The van der Waals surface area contributed by atoms with Gasteiger partial charge in [0.15, 0.2) is 0 Å². The number of rotatable bonds is 6. The standard InChI is InChI=1S/C16H24N2O2/c1-12-4-8-15(9-5-12)20-11-10-17-16(19)18(3)13(2)14-6-7-14/h4-5,8-9,13-14H,6-7,10-11H2,1-3H3,(H,17,19). The van der Waals surface area contributed by atoms with Crippen molar-refractivity contribution in [3.05, 3.63) is 29.8 Å².